The maximum atomic E-state index is 9.68. The number of rotatable bonds is 5. The average Bonchev–Trinajstić information content (AvgIpc) is 2.28. The molecule has 1 aromatic rings. The van der Waals surface area contributed by atoms with Gasteiger partial charge >= 0.3 is 0 Å². The quantitative estimate of drug-likeness (QED) is 0.744. The van der Waals surface area contributed by atoms with Gasteiger partial charge in [-0.3, -0.25) is 0 Å². The Hall–Kier alpha value is -0.770. The van der Waals surface area contributed by atoms with E-state index in [0.717, 1.165) is 5.56 Å². The van der Waals surface area contributed by atoms with Crippen LogP contribution in [0.1, 0.15) is 25.5 Å². The molecule has 3 nitrogen and oxygen atoms in total. The van der Waals surface area contributed by atoms with Crippen molar-refractivity contribution in [3.05, 3.63) is 28.8 Å². The van der Waals surface area contributed by atoms with Crippen LogP contribution in [0.2, 0.25) is 5.02 Å². The van der Waals surface area contributed by atoms with Crippen molar-refractivity contribution in [3.8, 4) is 5.75 Å². The van der Waals surface area contributed by atoms with E-state index in [-0.39, 0.29) is 24.3 Å². The lowest BCUT2D eigenvalue weighted by atomic mass is 10.1. The van der Waals surface area contributed by atoms with Gasteiger partial charge in [0.1, 0.15) is 5.75 Å². The third-order valence-corrected chi connectivity index (χ3v) is 2.78. The zero-order chi connectivity index (χ0) is 12.1. The average molecular weight is 244 g/mol. The lowest BCUT2D eigenvalue weighted by molar-refractivity contribution is 0.230. The zero-order valence-electron chi connectivity index (χ0n) is 9.57. The lowest BCUT2D eigenvalue weighted by Crippen LogP contribution is -2.26. The SMILES string of the molecule is CC(CO)CNC(C)c1cc(Cl)ccc1O. The molecule has 0 fully saturated rings. The molecule has 3 N–H and O–H groups in total. The molecule has 0 heterocycles. The summed E-state index contributed by atoms with van der Waals surface area (Å²) in [5.74, 6) is 0.435. The molecule has 1 aromatic carbocycles. The van der Waals surface area contributed by atoms with Crippen LogP contribution in [0.25, 0.3) is 0 Å². The van der Waals surface area contributed by atoms with Gasteiger partial charge in [-0.2, -0.15) is 0 Å². The molecule has 2 unspecified atom stereocenters. The first-order chi connectivity index (χ1) is 7.54. The molecule has 2 atom stereocenters. The Morgan fingerprint density at radius 2 is 2.06 bits per heavy atom. The second kappa shape index (κ2) is 6.09. The van der Waals surface area contributed by atoms with Crippen molar-refractivity contribution in [1.82, 2.24) is 5.32 Å². The van der Waals surface area contributed by atoms with Crippen LogP contribution in [0.15, 0.2) is 18.2 Å². The van der Waals surface area contributed by atoms with E-state index in [0.29, 0.717) is 11.6 Å². The summed E-state index contributed by atoms with van der Waals surface area (Å²) in [5, 5.41) is 22.4. The molecule has 0 aliphatic heterocycles. The number of phenols is 1. The molecule has 4 heteroatoms. The highest BCUT2D eigenvalue weighted by Crippen LogP contribution is 2.27. The van der Waals surface area contributed by atoms with Gasteiger partial charge in [0.05, 0.1) is 0 Å². The monoisotopic (exact) mass is 243 g/mol. The van der Waals surface area contributed by atoms with Gasteiger partial charge in [-0.15, -0.1) is 0 Å². The van der Waals surface area contributed by atoms with Crippen LogP contribution < -0.4 is 5.32 Å². The standard InChI is InChI=1S/C12H18ClNO2/c1-8(7-15)6-14-9(2)11-5-10(13)3-4-12(11)16/h3-5,8-9,14-16H,6-7H2,1-2H3. The molecule has 16 heavy (non-hydrogen) atoms. The molecule has 90 valence electrons. The number of aliphatic hydroxyl groups is 1. The fraction of sp³-hybridized carbons (Fsp3) is 0.500. The normalized spacial score (nSPS) is 14.8. The van der Waals surface area contributed by atoms with Crippen molar-refractivity contribution in [1.29, 1.82) is 0 Å². The third kappa shape index (κ3) is 3.67. The molecule has 0 spiro atoms. The summed E-state index contributed by atoms with van der Waals surface area (Å²) in [5.41, 5.74) is 0.776. The minimum atomic E-state index is 0.00713. The van der Waals surface area contributed by atoms with Crippen LogP contribution in [0, 0.1) is 5.92 Å². The van der Waals surface area contributed by atoms with Crippen molar-refractivity contribution < 1.29 is 10.2 Å². The highest BCUT2D eigenvalue weighted by molar-refractivity contribution is 6.30. The van der Waals surface area contributed by atoms with Crippen LogP contribution in [0.5, 0.6) is 5.75 Å². The molecule has 0 amide bonds. The zero-order valence-corrected chi connectivity index (χ0v) is 10.3. The predicted octanol–water partition coefficient (Wildman–Crippen LogP) is 2.32. The summed E-state index contributed by atoms with van der Waals surface area (Å²) >= 11 is 5.87. The number of aromatic hydroxyl groups is 1. The fourth-order valence-electron chi connectivity index (χ4n) is 1.42. The Kier molecular flexibility index (Phi) is 5.06. The maximum absolute atomic E-state index is 9.68. The predicted molar refractivity (Wildman–Crippen MR) is 65.8 cm³/mol. The fourth-order valence-corrected chi connectivity index (χ4v) is 1.61. The summed E-state index contributed by atoms with van der Waals surface area (Å²) < 4.78 is 0. The van der Waals surface area contributed by atoms with Gasteiger partial charge in [-0.05, 0) is 31.0 Å². The molecule has 0 aliphatic rings. The van der Waals surface area contributed by atoms with Gasteiger partial charge in [0, 0.05) is 29.8 Å². The molecular formula is C12H18ClNO2. The first-order valence-electron chi connectivity index (χ1n) is 5.37. The van der Waals surface area contributed by atoms with Crippen molar-refractivity contribution in [2.75, 3.05) is 13.2 Å². The number of hydrogen-bond acceptors (Lipinski definition) is 3. The molecular weight excluding hydrogens is 226 g/mol. The van der Waals surface area contributed by atoms with Crippen molar-refractivity contribution in [2.45, 2.75) is 19.9 Å². The summed E-state index contributed by atoms with van der Waals surface area (Å²) in [6.07, 6.45) is 0. The third-order valence-electron chi connectivity index (χ3n) is 2.54. The molecule has 0 radical (unpaired) electrons. The first-order valence-corrected chi connectivity index (χ1v) is 5.75. The summed E-state index contributed by atoms with van der Waals surface area (Å²) in [6, 6.07) is 5.00. The van der Waals surface area contributed by atoms with Crippen LogP contribution in [0.3, 0.4) is 0 Å². The number of benzene rings is 1. The van der Waals surface area contributed by atoms with Gasteiger partial charge in [-0.25, -0.2) is 0 Å². The van der Waals surface area contributed by atoms with Gasteiger partial charge in [0.25, 0.3) is 0 Å². The second-order valence-corrected chi connectivity index (χ2v) is 4.56. The Morgan fingerprint density at radius 3 is 2.69 bits per heavy atom. The van der Waals surface area contributed by atoms with E-state index in [9.17, 15) is 5.11 Å². The molecule has 0 aliphatic carbocycles. The molecule has 0 bridgehead atoms. The molecule has 0 aromatic heterocycles. The Bertz CT molecular complexity index is 344. The number of aliphatic hydroxyl groups excluding tert-OH is 1. The maximum Gasteiger partial charge on any atom is 0.120 e. The van der Waals surface area contributed by atoms with Gasteiger partial charge in [0.2, 0.25) is 0 Å². The van der Waals surface area contributed by atoms with Gasteiger partial charge < -0.3 is 15.5 Å². The Labute approximate surface area is 101 Å². The lowest BCUT2D eigenvalue weighted by Gasteiger charge is -2.18. The van der Waals surface area contributed by atoms with Gasteiger partial charge in [-0.1, -0.05) is 18.5 Å². The number of phenolic OH excluding ortho intramolecular Hbond substituents is 1. The van der Waals surface area contributed by atoms with E-state index in [4.69, 9.17) is 16.7 Å². The number of hydrogen-bond donors (Lipinski definition) is 3. The summed E-state index contributed by atoms with van der Waals surface area (Å²) in [7, 11) is 0. The van der Waals surface area contributed by atoms with Crippen LogP contribution in [-0.4, -0.2) is 23.4 Å². The molecule has 1 rings (SSSR count). The van der Waals surface area contributed by atoms with Gasteiger partial charge in [0.15, 0.2) is 0 Å². The van der Waals surface area contributed by atoms with E-state index in [1.165, 1.54) is 0 Å². The van der Waals surface area contributed by atoms with E-state index < -0.39 is 0 Å². The summed E-state index contributed by atoms with van der Waals surface area (Å²) in [6.45, 7) is 4.76. The van der Waals surface area contributed by atoms with E-state index in [2.05, 4.69) is 5.32 Å². The van der Waals surface area contributed by atoms with Crippen molar-refractivity contribution >= 4 is 11.6 Å². The number of nitrogens with one attached hydrogen (secondary N) is 1. The Morgan fingerprint density at radius 1 is 1.38 bits per heavy atom. The van der Waals surface area contributed by atoms with Crippen molar-refractivity contribution in [2.24, 2.45) is 5.92 Å². The minimum Gasteiger partial charge on any atom is -0.508 e. The van der Waals surface area contributed by atoms with Crippen LogP contribution >= 0.6 is 11.6 Å². The number of halogens is 1. The smallest absolute Gasteiger partial charge is 0.120 e. The van der Waals surface area contributed by atoms with E-state index in [1.807, 2.05) is 13.8 Å². The first kappa shape index (κ1) is 13.3. The Balaban J connectivity index is 2.65. The molecule has 0 saturated heterocycles. The highest BCUT2D eigenvalue weighted by Gasteiger charge is 2.11. The summed E-state index contributed by atoms with van der Waals surface area (Å²) in [4.78, 5) is 0. The largest absolute Gasteiger partial charge is 0.508 e. The second-order valence-electron chi connectivity index (χ2n) is 4.12. The van der Waals surface area contributed by atoms with Crippen LogP contribution in [0.4, 0.5) is 0 Å². The van der Waals surface area contributed by atoms with Crippen molar-refractivity contribution in [3.63, 3.8) is 0 Å². The van der Waals surface area contributed by atoms with E-state index >= 15 is 0 Å². The minimum absolute atomic E-state index is 0.00713. The topological polar surface area (TPSA) is 52.5 Å². The molecule has 0 saturated carbocycles. The van der Waals surface area contributed by atoms with E-state index in [1.54, 1.807) is 18.2 Å². The van der Waals surface area contributed by atoms with Crippen LogP contribution in [-0.2, 0) is 0 Å². The highest BCUT2D eigenvalue weighted by atomic mass is 35.5.